The van der Waals surface area contributed by atoms with Crippen LogP contribution in [0.15, 0.2) is 17.8 Å². The molecule has 0 spiro atoms. The minimum Gasteiger partial charge on any atom is -0.469 e. The molecule has 0 saturated carbocycles. The van der Waals surface area contributed by atoms with Gasteiger partial charge in [-0.15, -0.1) is 11.3 Å². The van der Waals surface area contributed by atoms with Gasteiger partial charge in [0.15, 0.2) is 5.13 Å². The largest absolute Gasteiger partial charge is 0.469 e. The van der Waals surface area contributed by atoms with E-state index in [2.05, 4.69) is 25.0 Å². The lowest BCUT2D eigenvalue weighted by atomic mass is 10.3. The Labute approximate surface area is 123 Å². The van der Waals surface area contributed by atoms with Crippen LogP contribution in [-0.2, 0) is 16.0 Å². The Balaban J connectivity index is 2.03. The van der Waals surface area contributed by atoms with Gasteiger partial charge in [-0.3, -0.25) is 19.9 Å². The average Bonchev–Trinajstić information content (AvgIpc) is 2.85. The lowest BCUT2D eigenvalue weighted by molar-refractivity contribution is -0.139. The fourth-order valence-corrected chi connectivity index (χ4v) is 2.13. The summed E-state index contributed by atoms with van der Waals surface area (Å²) in [6.45, 7) is 0. The molecule has 0 saturated heterocycles. The van der Waals surface area contributed by atoms with Crippen molar-refractivity contribution in [3.63, 3.8) is 0 Å². The summed E-state index contributed by atoms with van der Waals surface area (Å²) in [6, 6.07) is 0. The van der Waals surface area contributed by atoms with E-state index in [9.17, 15) is 9.59 Å². The number of anilines is 1. The lowest BCUT2D eigenvalue weighted by Gasteiger charge is -2.00. The van der Waals surface area contributed by atoms with Crippen LogP contribution in [-0.4, -0.2) is 33.9 Å². The number of nitrogens with zero attached hydrogens (tertiary/aromatic N) is 3. The molecule has 0 unspecified atom stereocenters. The molecule has 20 heavy (non-hydrogen) atoms. The van der Waals surface area contributed by atoms with Crippen molar-refractivity contribution in [3.05, 3.63) is 34.3 Å². The van der Waals surface area contributed by atoms with Crippen molar-refractivity contribution in [3.8, 4) is 0 Å². The average molecular weight is 313 g/mol. The highest BCUT2D eigenvalue weighted by atomic mass is 35.5. The van der Waals surface area contributed by atoms with Gasteiger partial charge in [-0.1, -0.05) is 11.6 Å². The molecule has 0 aliphatic carbocycles. The van der Waals surface area contributed by atoms with Gasteiger partial charge in [0, 0.05) is 5.38 Å². The van der Waals surface area contributed by atoms with Gasteiger partial charge >= 0.3 is 5.97 Å². The number of hydrogen-bond acceptors (Lipinski definition) is 7. The first-order valence-electron chi connectivity index (χ1n) is 5.38. The van der Waals surface area contributed by atoms with Gasteiger partial charge in [-0.25, -0.2) is 9.97 Å². The van der Waals surface area contributed by atoms with E-state index in [1.165, 1.54) is 30.8 Å². The number of rotatable bonds is 4. The van der Waals surface area contributed by atoms with Crippen molar-refractivity contribution < 1.29 is 14.3 Å². The van der Waals surface area contributed by atoms with E-state index in [1.54, 1.807) is 5.38 Å². The number of aromatic nitrogens is 3. The molecule has 2 rings (SSSR count). The first-order chi connectivity index (χ1) is 9.58. The maximum Gasteiger partial charge on any atom is 0.311 e. The number of amides is 1. The third-order valence-corrected chi connectivity index (χ3v) is 3.15. The number of methoxy groups -OCH3 is 1. The highest BCUT2D eigenvalue weighted by Gasteiger charge is 2.12. The fourth-order valence-electron chi connectivity index (χ4n) is 1.28. The molecule has 2 heterocycles. The maximum atomic E-state index is 11.9. The van der Waals surface area contributed by atoms with Gasteiger partial charge in [0.25, 0.3) is 5.91 Å². The third-order valence-electron chi connectivity index (χ3n) is 2.16. The normalized spacial score (nSPS) is 10.1. The Hall–Kier alpha value is -2.06. The number of esters is 1. The zero-order valence-corrected chi connectivity index (χ0v) is 11.9. The summed E-state index contributed by atoms with van der Waals surface area (Å²) < 4.78 is 4.53. The summed E-state index contributed by atoms with van der Waals surface area (Å²) in [5.74, 6) is -0.868. The molecule has 9 heteroatoms. The van der Waals surface area contributed by atoms with Crippen LogP contribution in [0.2, 0.25) is 5.15 Å². The molecule has 1 amide bonds. The molecule has 0 bridgehead atoms. The zero-order valence-electron chi connectivity index (χ0n) is 10.3. The monoisotopic (exact) mass is 312 g/mol. The van der Waals surface area contributed by atoms with Crippen molar-refractivity contribution in [2.75, 3.05) is 12.4 Å². The van der Waals surface area contributed by atoms with Crippen LogP contribution in [0.1, 0.15) is 16.2 Å². The summed E-state index contributed by atoms with van der Waals surface area (Å²) in [6.07, 6.45) is 2.68. The van der Waals surface area contributed by atoms with Gasteiger partial charge in [-0.05, 0) is 0 Å². The highest BCUT2D eigenvalue weighted by molar-refractivity contribution is 7.14. The molecule has 2 aromatic rings. The van der Waals surface area contributed by atoms with Crippen molar-refractivity contribution in [1.29, 1.82) is 0 Å². The summed E-state index contributed by atoms with van der Waals surface area (Å²) in [5.41, 5.74) is 0.608. The number of carbonyl (C=O) groups is 2. The molecular formula is C11H9ClN4O3S. The summed E-state index contributed by atoms with van der Waals surface area (Å²) in [4.78, 5) is 34.6. The lowest BCUT2D eigenvalue weighted by Crippen LogP contribution is -2.14. The Kier molecular flexibility index (Phi) is 4.59. The van der Waals surface area contributed by atoms with Crippen LogP contribution in [0, 0.1) is 0 Å². The van der Waals surface area contributed by atoms with Crippen molar-refractivity contribution in [1.82, 2.24) is 15.0 Å². The molecule has 0 radical (unpaired) electrons. The molecule has 1 N–H and O–H groups in total. The van der Waals surface area contributed by atoms with Crippen molar-refractivity contribution in [2.45, 2.75) is 6.42 Å². The number of nitrogens with one attached hydrogen (secondary N) is 1. The van der Waals surface area contributed by atoms with E-state index in [1.807, 2.05) is 0 Å². The van der Waals surface area contributed by atoms with E-state index in [4.69, 9.17) is 11.6 Å². The second-order valence-electron chi connectivity index (χ2n) is 3.58. The first-order valence-corrected chi connectivity index (χ1v) is 6.64. The molecular weight excluding hydrogens is 304 g/mol. The number of thiazole rings is 1. The van der Waals surface area contributed by atoms with Crippen LogP contribution < -0.4 is 5.32 Å². The summed E-state index contributed by atoms with van der Waals surface area (Å²) in [7, 11) is 1.30. The zero-order chi connectivity index (χ0) is 14.5. The molecule has 7 nitrogen and oxygen atoms in total. The Morgan fingerprint density at radius 1 is 1.40 bits per heavy atom. The van der Waals surface area contributed by atoms with E-state index in [0.717, 1.165) is 0 Å². The predicted molar refractivity (Wildman–Crippen MR) is 72.8 cm³/mol. The Bertz CT molecular complexity index is 646. The smallest absolute Gasteiger partial charge is 0.311 e. The van der Waals surface area contributed by atoms with Gasteiger partial charge in [0.1, 0.15) is 10.8 Å². The SMILES string of the molecule is COC(=O)Cc1csc(NC(=O)c2cncc(Cl)n2)n1. The topological polar surface area (TPSA) is 94.1 Å². The predicted octanol–water partition coefficient (Wildman–Crippen LogP) is 1.55. The molecule has 0 atom stereocenters. The quantitative estimate of drug-likeness (QED) is 0.861. The summed E-state index contributed by atoms with van der Waals surface area (Å²) >= 11 is 6.85. The number of carbonyl (C=O) groups excluding carboxylic acids is 2. The second-order valence-corrected chi connectivity index (χ2v) is 4.82. The van der Waals surface area contributed by atoms with Gasteiger partial charge < -0.3 is 4.74 Å². The minimum absolute atomic E-state index is 0.0554. The second kappa shape index (κ2) is 6.40. The van der Waals surface area contributed by atoms with Crippen LogP contribution >= 0.6 is 22.9 Å². The van der Waals surface area contributed by atoms with Crippen LogP contribution in [0.25, 0.3) is 0 Å². The number of hydrogen-bond donors (Lipinski definition) is 1. The molecule has 0 aromatic carbocycles. The molecule has 0 aliphatic heterocycles. The van der Waals surface area contributed by atoms with Gasteiger partial charge in [-0.2, -0.15) is 0 Å². The Morgan fingerprint density at radius 2 is 2.20 bits per heavy atom. The summed E-state index contributed by atoms with van der Waals surface area (Å²) in [5, 5.41) is 4.70. The molecule has 0 fully saturated rings. The van der Waals surface area contributed by atoms with Crippen molar-refractivity contribution in [2.24, 2.45) is 0 Å². The van der Waals surface area contributed by atoms with Crippen LogP contribution in [0.4, 0.5) is 5.13 Å². The number of halogens is 1. The molecule has 104 valence electrons. The highest BCUT2D eigenvalue weighted by Crippen LogP contribution is 2.17. The standard InChI is InChI=1S/C11H9ClN4O3S/c1-19-9(17)2-6-5-20-11(14-6)16-10(18)7-3-13-4-8(12)15-7/h3-5H,2H2,1H3,(H,14,16,18). The third kappa shape index (κ3) is 3.72. The molecule has 0 aliphatic rings. The van der Waals surface area contributed by atoms with Gasteiger partial charge in [0.2, 0.25) is 0 Å². The van der Waals surface area contributed by atoms with Crippen LogP contribution in [0.3, 0.4) is 0 Å². The fraction of sp³-hybridized carbons (Fsp3) is 0.182. The maximum absolute atomic E-state index is 11.9. The minimum atomic E-state index is -0.473. The van der Waals surface area contributed by atoms with E-state index in [-0.39, 0.29) is 17.3 Å². The van der Waals surface area contributed by atoms with E-state index >= 15 is 0 Å². The van der Waals surface area contributed by atoms with Crippen LogP contribution in [0.5, 0.6) is 0 Å². The van der Waals surface area contributed by atoms with E-state index < -0.39 is 11.9 Å². The van der Waals surface area contributed by atoms with E-state index in [0.29, 0.717) is 10.8 Å². The first kappa shape index (κ1) is 14.4. The number of ether oxygens (including phenoxy) is 1. The van der Waals surface area contributed by atoms with Gasteiger partial charge in [0.05, 0.1) is 31.6 Å². The van der Waals surface area contributed by atoms with Crippen molar-refractivity contribution >= 4 is 39.9 Å². The molecule has 2 aromatic heterocycles. The Morgan fingerprint density at radius 3 is 2.90 bits per heavy atom.